The fraction of sp³-hybridized carbons (Fsp3) is 0. The third-order valence-corrected chi connectivity index (χ3v) is 8.99. The number of para-hydroxylation sites is 1. The SMILES string of the molecule is c1ccc(-c2ccc(-c3ccc(-c4nc(-c5ccccc5)nc(-c5ccc(-c6ccccc6)c6c5oc5ccccc56)n4)cc3)cc2)cc1. The lowest BCUT2D eigenvalue weighted by Crippen LogP contribution is -2.00. The van der Waals surface area contributed by atoms with Crippen molar-refractivity contribution in [2.24, 2.45) is 0 Å². The van der Waals surface area contributed by atoms with Crippen molar-refractivity contribution in [2.45, 2.75) is 0 Å². The molecule has 0 bridgehead atoms. The number of rotatable bonds is 6. The summed E-state index contributed by atoms with van der Waals surface area (Å²) in [4.78, 5) is 15.1. The van der Waals surface area contributed by atoms with E-state index in [-0.39, 0.29) is 0 Å². The molecule has 0 fully saturated rings. The molecule has 2 aromatic heterocycles. The quantitative estimate of drug-likeness (QED) is 0.184. The molecule has 0 aliphatic heterocycles. The van der Waals surface area contributed by atoms with Crippen LogP contribution in [0.25, 0.3) is 89.5 Å². The number of hydrogen-bond acceptors (Lipinski definition) is 4. The zero-order valence-electron chi connectivity index (χ0n) is 26.5. The van der Waals surface area contributed by atoms with Crippen molar-refractivity contribution in [2.75, 3.05) is 0 Å². The minimum atomic E-state index is 0.563. The average molecular weight is 628 g/mol. The van der Waals surface area contributed by atoms with Gasteiger partial charge in [-0.2, -0.15) is 0 Å². The standard InChI is InChI=1S/C45H29N3O/c1-4-12-30(13-5-1)31-20-22-32(23-21-31)33-24-26-36(27-25-33)44-46-43(35-16-8-3-9-17-35)47-45(48-44)39-29-28-37(34-14-6-2-7-15-34)41-38-18-10-11-19-40(38)49-42(39)41/h1-29H. The summed E-state index contributed by atoms with van der Waals surface area (Å²) >= 11 is 0. The Morgan fingerprint density at radius 3 is 1.31 bits per heavy atom. The maximum absolute atomic E-state index is 6.59. The van der Waals surface area contributed by atoms with Gasteiger partial charge in [-0.3, -0.25) is 0 Å². The molecular weight excluding hydrogens is 599 g/mol. The van der Waals surface area contributed by atoms with Crippen molar-refractivity contribution in [3.63, 3.8) is 0 Å². The van der Waals surface area contributed by atoms with E-state index in [9.17, 15) is 0 Å². The molecule has 0 aliphatic carbocycles. The summed E-state index contributed by atoms with van der Waals surface area (Å²) in [5, 5.41) is 2.10. The Labute approximate surface area is 284 Å². The molecule has 0 saturated carbocycles. The van der Waals surface area contributed by atoms with E-state index < -0.39 is 0 Å². The molecule has 0 saturated heterocycles. The van der Waals surface area contributed by atoms with Gasteiger partial charge in [0.1, 0.15) is 11.2 Å². The molecule has 7 aromatic carbocycles. The number of nitrogens with zero attached hydrogens (tertiary/aromatic N) is 3. The van der Waals surface area contributed by atoms with Gasteiger partial charge in [-0.15, -0.1) is 0 Å². The molecule has 0 radical (unpaired) electrons. The van der Waals surface area contributed by atoms with Gasteiger partial charge in [0.2, 0.25) is 0 Å². The summed E-state index contributed by atoms with van der Waals surface area (Å²) in [6, 6.07) is 60.4. The highest BCUT2D eigenvalue weighted by Crippen LogP contribution is 2.41. The summed E-state index contributed by atoms with van der Waals surface area (Å²) in [7, 11) is 0. The molecule has 2 heterocycles. The first kappa shape index (κ1) is 28.6. The van der Waals surface area contributed by atoms with Crippen molar-refractivity contribution in [3.05, 3.63) is 176 Å². The molecule has 9 rings (SSSR count). The topological polar surface area (TPSA) is 51.8 Å². The van der Waals surface area contributed by atoms with Crippen molar-refractivity contribution < 1.29 is 4.42 Å². The monoisotopic (exact) mass is 627 g/mol. The first-order valence-corrected chi connectivity index (χ1v) is 16.4. The van der Waals surface area contributed by atoms with Gasteiger partial charge < -0.3 is 4.42 Å². The van der Waals surface area contributed by atoms with Gasteiger partial charge in [0.15, 0.2) is 17.5 Å². The molecule has 0 unspecified atom stereocenters. The Bertz CT molecular complexity index is 2560. The van der Waals surface area contributed by atoms with Crippen LogP contribution in [0.1, 0.15) is 0 Å². The maximum Gasteiger partial charge on any atom is 0.167 e. The second-order valence-corrected chi connectivity index (χ2v) is 12.0. The zero-order valence-corrected chi connectivity index (χ0v) is 26.5. The van der Waals surface area contributed by atoms with E-state index in [1.54, 1.807) is 0 Å². The average Bonchev–Trinajstić information content (AvgIpc) is 3.58. The molecule has 0 N–H and O–H groups in total. The van der Waals surface area contributed by atoms with Crippen molar-refractivity contribution in [3.8, 4) is 67.5 Å². The van der Waals surface area contributed by atoms with Crippen molar-refractivity contribution in [1.29, 1.82) is 0 Å². The van der Waals surface area contributed by atoms with Crippen molar-refractivity contribution in [1.82, 2.24) is 15.0 Å². The van der Waals surface area contributed by atoms with Crippen LogP contribution < -0.4 is 0 Å². The first-order chi connectivity index (χ1) is 24.3. The molecule has 0 aliphatic rings. The lowest BCUT2D eigenvalue weighted by molar-refractivity contribution is 0.669. The fourth-order valence-corrected chi connectivity index (χ4v) is 6.50. The second-order valence-electron chi connectivity index (χ2n) is 12.0. The van der Waals surface area contributed by atoms with Crippen LogP contribution in [0.15, 0.2) is 180 Å². The highest BCUT2D eigenvalue weighted by atomic mass is 16.3. The smallest absolute Gasteiger partial charge is 0.167 e. The number of hydrogen-bond donors (Lipinski definition) is 0. The van der Waals surface area contributed by atoms with E-state index in [1.807, 2.05) is 54.6 Å². The molecular formula is C45H29N3O. The van der Waals surface area contributed by atoms with Gasteiger partial charge in [0.05, 0.1) is 5.56 Å². The highest BCUT2D eigenvalue weighted by Gasteiger charge is 2.20. The Balaban J connectivity index is 1.16. The van der Waals surface area contributed by atoms with Crippen molar-refractivity contribution >= 4 is 21.9 Å². The lowest BCUT2D eigenvalue weighted by atomic mass is 9.97. The van der Waals surface area contributed by atoms with Crippen LogP contribution in [0.3, 0.4) is 0 Å². The predicted octanol–water partition coefficient (Wildman–Crippen LogP) is 11.8. The van der Waals surface area contributed by atoms with E-state index >= 15 is 0 Å². The van der Waals surface area contributed by atoms with Crippen LogP contribution >= 0.6 is 0 Å². The summed E-state index contributed by atoms with van der Waals surface area (Å²) in [6.45, 7) is 0. The Kier molecular flexibility index (Phi) is 7.10. The summed E-state index contributed by atoms with van der Waals surface area (Å²) < 4.78 is 6.59. The molecule has 4 nitrogen and oxygen atoms in total. The summed E-state index contributed by atoms with van der Waals surface area (Å²) in [6.07, 6.45) is 0. The number of benzene rings is 7. The zero-order chi connectivity index (χ0) is 32.6. The van der Waals surface area contributed by atoms with Gasteiger partial charge in [-0.05, 0) is 45.5 Å². The van der Waals surface area contributed by atoms with E-state index in [4.69, 9.17) is 19.4 Å². The van der Waals surface area contributed by atoms with E-state index in [0.29, 0.717) is 17.5 Å². The van der Waals surface area contributed by atoms with Gasteiger partial charge in [-0.25, -0.2) is 15.0 Å². The molecule has 49 heavy (non-hydrogen) atoms. The minimum absolute atomic E-state index is 0.563. The largest absolute Gasteiger partial charge is 0.455 e. The fourth-order valence-electron chi connectivity index (χ4n) is 6.50. The van der Waals surface area contributed by atoms with Gasteiger partial charge in [-0.1, -0.05) is 164 Å². The molecule has 0 amide bonds. The van der Waals surface area contributed by atoms with E-state index in [0.717, 1.165) is 60.9 Å². The molecule has 9 aromatic rings. The Hall–Kier alpha value is -6.65. The molecule has 4 heteroatoms. The highest BCUT2D eigenvalue weighted by molar-refractivity contribution is 6.15. The third-order valence-electron chi connectivity index (χ3n) is 8.99. The van der Waals surface area contributed by atoms with Crippen LogP contribution in [-0.4, -0.2) is 15.0 Å². The van der Waals surface area contributed by atoms with E-state index in [2.05, 4.69) is 121 Å². The molecule has 0 spiro atoms. The minimum Gasteiger partial charge on any atom is -0.455 e. The van der Waals surface area contributed by atoms with Crippen LogP contribution in [0.4, 0.5) is 0 Å². The number of aromatic nitrogens is 3. The first-order valence-electron chi connectivity index (χ1n) is 16.4. The normalized spacial score (nSPS) is 11.3. The Morgan fingerprint density at radius 2 is 0.714 bits per heavy atom. The second kappa shape index (κ2) is 12.2. The van der Waals surface area contributed by atoms with Gasteiger partial charge >= 0.3 is 0 Å². The van der Waals surface area contributed by atoms with Gasteiger partial charge in [0, 0.05) is 21.9 Å². The van der Waals surface area contributed by atoms with Crippen LogP contribution in [-0.2, 0) is 0 Å². The van der Waals surface area contributed by atoms with Crippen LogP contribution in [0, 0.1) is 0 Å². The summed E-state index contributed by atoms with van der Waals surface area (Å²) in [5.41, 5.74) is 11.1. The number of furan rings is 1. The lowest BCUT2D eigenvalue weighted by Gasteiger charge is -2.11. The maximum atomic E-state index is 6.59. The number of fused-ring (bicyclic) bond motifs is 3. The van der Waals surface area contributed by atoms with Gasteiger partial charge in [0.25, 0.3) is 0 Å². The predicted molar refractivity (Wildman–Crippen MR) is 200 cm³/mol. The molecule has 230 valence electrons. The van der Waals surface area contributed by atoms with Crippen LogP contribution in [0.5, 0.6) is 0 Å². The Morgan fingerprint density at radius 1 is 0.306 bits per heavy atom. The molecule has 0 atom stereocenters. The summed E-state index contributed by atoms with van der Waals surface area (Å²) in [5.74, 6) is 1.77. The van der Waals surface area contributed by atoms with Crippen LogP contribution in [0.2, 0.25) is 0 Å². The van der Waals surface area contributed by atoms with E-state index in [1.165, 1.54) is 11.1 Å². The third kappa shape index (κ3) is 5.35.